The number of amides is 1. The van der Waals surface area contributed by atoms with Gasteiger partial charge in [0.1, 0.15) is 11.6 Å². The Morgan fingerprint density at radius 1 is 1.19 bits per heavy atom. The Hall–Kier alpha value is -3.15. The van der Waals surface area contributed by atoms with Gasteiger partial charge in [0.15, 0.2) is 0 Å². The zero-order valence-corrected chi connectivity index (χ0v) is 18.6. The van der Waals surface area contributed by atoms with Gasteiger partial charge in [-0.3, -0.25) is 9.79 Å². The van der Waals surface area contributed by atoms with Crippen LogP contribution in [-0.4, -0.2) is 43.4 Å². The van der Waals surface area contributed by atoms with Gasteiger partial charge in [0.2, 0.25) is 5.91 Å². The van der Waals surface area contributed by atoms with Crippen molar-refractivity contribution < 1.29 is 13.9 Å². The van der Waals surface area contributed by atoms with E-state index in [-0.39, 0.29) is 23.8 Å². The van der Waals surface area contributed by atoms with Crippen LogP contribution >= 0.6 is 0 Å². The smallest absolute Gasteiger partial charge is 0.250 e. The molecule has 5 nitrogen and oxygen atoms in total. The molecule has 1 saturated heterocycles. The van der Waals surface area contributed by atoms with Crippen LogP contribution in [0.15, 0.2) is 47.0 Å². The van der Waals surface area contributed by atoms with Crippen LogP contribution < -0.4 is 9.64 Å². The lowest BCUT2D eigenvalue weighted by molar-refractivity contribution is -0.131. The first-order valence-corrected chi connectivity index (χ1v) is 11.3. The Morgan fingerprint density at radius 3 is 2.84 bits per heavy atom. The molecule has 0 saturated carbocycles. The molecule has 1 aliphatic carbocycles. The van der Waals surface area contributed by atoms with Crippen LogP contribution in [0.4, 0.5) is 10.1 Å². The van der Waals surface area contributed by atoms with Crippen LogP contribution in [0.2, 0.25) is 0 Å². The van der Waals surface area contributed by atoms with Crippen molar-refractivity contribution in [3.8, 4) is 5.75 Å². The first-order chi connectivity index (χ1) is 15.5. The number of carbonyl (C=O) groups is 1. The first-order valence-electron chi connectivity index (χ1n) is 11.3. The number of hydrogen-bond acceptors (Lipinski definition) is 4. The Bertz CT molecular complexity index is 1110. The number of nitrogens with zero attached hydrogens (tertiary/aromatic N) is 3. The van der Waals surface area contributed by atoms with Crippen molar-refractivity contribution in [3.63, 3.8) is 0 Å². The fraction of sp³-hybridized carbons (Fsp3) is 0.385. The number of rotatable bonds is 4. The Balaban J connectivity index is 1.40. The molecule has 0 bridgehead atoms. The van der Waals surface area contributed by atoms with Crippen LogP contribution in [0.3, 0.4) is 0 Å². The number of anilines is 1. The van der Waals surface area contributed by atoms with E-state index in [1.807, 2.05) is 41.6 Å². The van der Waals surface area contributed by atoms with Crippen LogP contribution in [0.25, 0.3) is 6.08 Å². The van der Waals surface area contributed by atoms with Gasteiger partial charge in [-0.1, -0.05) is 12.1 Å². The normalized spacial score (nSPS) is 23.8. The number of hydrogen-bond donors (Lipinski definition) is 0. The van der Waals surface area contributed by atoms with Crippen molar-refractivity contribution in [2.24, 2.45) is 4.99 Å². The maximum Gasteiger partial charge on any atom is 0.250 e. The summed E-state index contributed by atoms with van der Waals surface area (Å²) < 4.78 is 19.5. The van der Waals surface area contributed by atoms with Crippen LogP contribution in [0, 0.1) is 5.82 Å². The van der Waals surface area contributed by atoms with E-state index >= 15 is 0 Å². The van der Waals surface area contributed by atoms with E-state index in [2.05, 4.69) is 16.8 Å². The summed E-state index contributed by atoms with van der Waals surface area (Å²) in [7, 11) is 1.66. The number of carbonyl (C=O) groups excluding carboxylic acids is 1. The Labute approximate surface area is 188 Å². The lowest BCUT2D eigenvalue weighted by atomic mass is 9.97. The number of halogens is 1. The van der Waals surface area contributed by atoms with E-state index in [9.17, 15) is 9.18 Å². The van der Waals surface area contributed by atoms with Gasteiger partial charge < -0.3 is 14.5 Å². The predicted octanol–water partition coefficient (Wildman–Crippen LogP) is 4.76. The van der Waals surface area contributed by atoms with Crippen molar-refractivity contribution in [2.75, 3.05) is 25.1 Å². The quantitative estimate of drug-likeness (QED) is 0.653. The summed E-state index contributed by atoms with van der Waals surface area (Å²) >= 11 is 0. The van der Waals surface area contributed by atoms with E-state index in [1.54, 1.807) is 13.2 Å². The third-order valence-corrected chi connectivity index (χ3v) is 6.69. The lowest BCUT2D eigenvalue weighted by Crippen LogP contribution is -2.39. The summed E-state index contributed by atoms with van der Waals surface area (Å²) in [6, 6.07) is 11.2. The van der Waals surface area contributed by atoms with Crippen LogP contribution in [0.1, 0.15) is 48.9 Å². The predicted molar refractivity (Wildman–Crippen MR) is 125 cm³/mol. The molecule has 5 rings (SSSR count). The van der Waals surface area contributed by atoms with E-state index in [1.165, 1.54) is 6.07 Å². The highest BCUT2D eigenvalue weighted by Gasteiger charge is 2.34. The van der Waals surface area contributed by atoms with Gasteiger partial charge in [0.25, 0.3) is 0 Å². The third kappa shape index (κ3) is 3.78. The molecule has 0 radical (unpaired) electrons. The van der Waals surface area contributed by atoms with Crippen LogP contribution in [0.5, 0.6) is 5.75 Å². The van der Waals surface area contributed by atoms with Gasteiger partial charge in [-0.25, -0.2) is 4.39 Å². The Kier molecular flexibility index (Phi) is 5.45. The standard InChI is InChI=1S/C26H28FN3O2/c1-17-15-29(16-28-17)24-9-5-18(13-25(24)32-2)12-20-4-3-11-30(26(20)31)23-10-7-19-6-8-21(27)14-22(19)23/h5-6,8-9,12-14,16-17,23H,3-4,7,10-11,15H2,1-2H3/b20-12+/t17?,23-/m0/s1. The minimum Gasteiger partial charge on any atom is -0.495 e. The maximum atomic E-state index is 13.9. The van der Waals surface area contributed by atoms with Gasteiger partial charge in [0.05, 0.1) is 31.2 Å². The van der Waals surface area contributed by atoms with E-state index < -0.39 is 0 Å². The topological polar surface area (TPSA) is 45.1 Å². The summed E-state index contributed by atoms with van der Waals surface area (Å²) in [5, 5.41) is 0. The molecule has 0 N–H and O–H groups in total. The molecule has 0 spiro atoms. The number of likely N-dealkylation sites (tertiary alicyclic amines) is 1. The fourth-order valence-corrected chi connectivity index (χ4v) is 5.10. The second-order valence-corrected chi connectivity index (χ2v) is 8.87. The van der Waals surface area contributed by atoms with Gasteiger partial charge in [0, 0.05) is 18.7 Å². The molecule has 2 aromatic rings. The third-order valence-electron chi connectivity index (χ3n) is 6.69. The average Bonchev–Trinajstić information content (AvgIpc) is 3.41. The van der Waals surface area contributed by atoms with Crippen molar-refractivity contribution in [1.82, 2.24) is 4.90 Å². The molecule has 1 amide bonds. The fourth-order valence-electron chi connectivity index (χ4n) is 5.10. The summed E-state index contributed by atoms with van der Waals surface area (Å²) in [6.07, 6.45) is 7.24. The molecule has 2 atom stereocenters. The number of piperidine rings is 1. The average molecular weight is 434 g/mol. The molecule has 1 unspecified atom stereocenters. The summed E-state index contributed by atoms with van der Waals surface area (Å²) in [4.78, 5) is 21.8. The molecule has 2 heterocycles. The molecular formula is C26H28FN3O2. The highest BCUT2D eigenvalue weighted by atomic mass is 19.1. The van der Waals surface area contributed by atoms with Crippen molar-refractivity contribution in [1.29, 1.82) is 0 Å². The van der Waals surface area contributed by atoms with Crippen molar-refractivity contribution in [2.45, 2.75) is 44.7 Å². The number of benzene rings is 2. The number of aryl methyl sites for hydroxylation is 1. The van der Waals surface area contributed by atoms with E-state index in [0.717, 1.165) is 65.9 Å². The second-order valence-electron chi connectivity index (χ2n) is 8.87. The van der Waals surface area contributed by atoms with Gasteiger partial charge in [-0.05, 0) is 79.6 Å². The number of aliphatic imine (C=N–C) groups is 1. The molecule has 6 heteroatoms. The van der Waals surface area contributed by atoms with Gasteiger partial charge in [-0.2, -0.15) is 0 Å². The number of fused-ring (bicyclic) bond motifs is 1. The molecule has 2 aliphatic heterocycles. The number of ether oxygens (including phenoxy) is 1. The molecule has 1 fully saturated rings. The molecule has 0 aromatic heterocycles. The van der Waals surface area contributed by atoms with Crippen molar-refractivity contribution in [3.05, 3.63) is 64.5 Å². The highest BCUT2D eigenvalue weighted by molar-refractivity contribution is 5.99. The lowest BCUT2D eigenvalue weighted by Gasteiger charge is -2.34. The summed E-state index contributed by atoms with van der Waals surface area (Å²) in [6.45, 7) is 3.62. The molecule has 166 valence electrons. The molecule has 3 aliphatic rings. The Morgan fingerprint density at radius 2 is 2.06 bits per heavy atom. The summed E-state index contributed by atoms with van der Waals surface area (Å²) in [5.74, 6) is 0.586. The monoisotopic (exact) mass is 433 g/mol. The zero-order chi connectivity index (χ0) is 22.2. The van der Waals surface area contributed by atoms with Crippen LogP contribution in [-0.2, 0) is 11.2 Å². The largest absolute Gasteiger partial charge is 0.495 e. The number of methoxy groups -OCH3 is 1. The maximum absolute atomic E-state index is 13.9. The molecule has 32 heavy (non-hydrogen) atoms. The minimum atomic E-state index is -0.236. The van der Waals surface area contributed by atoms with Gasteiger partial charge >= 0.3 is 0 Å². The zero-order valence-electron chi connectivity index (χ0n) is 18.6. The first kappa shape index (κ1) is 20.7. The van der Waals surface area contributed by atoms with Gasteiger partial charge in [-0.15, -0.1) is 0 Å². The van der Waals surface area contributed by atoms with Crippen molar-refractivity contribution >= 4 is 24.0 Å². The molecule has 2 aromatic carbocycles. The molecular weight excluding hydrogens is 405 g/mol. The van der Waals surface area contributed by atoms with E-state index in [4.69, 9.17) is 4.74 Å². The van der Waals surface area contributed by atoms with E-state index in [0.29, 0.717) is 6.54 Å². The summed E-state index contributed by atoms with van der Waals surface area (Å²) in [5.41, 5.74) is 4.83. The second kappa shape index (κ2) is 8.41. The SMILES string of the molecule is COc1cc(/C=C2\CCCN([C@H]3CCc4ccc(F)cc43)C2=O)ccc1N1C=NC(C)C1. The minimum absolute atomic E-state index is 0.0368. The highest BCUT2D eigenvalue weighted by Crippen LogP contribution is 2.39.